The highest BCUT2D eigenvalue weighted by Gasteiger charge is 2.17. The molecule has 0 aliphatic carbocycles. The molecular formula is C18H24FN5O. The number of aromatic nitrogens is 2. The average Bonchev–Trinajstić information content (AvgIpc) is 2.64. The van der Waals surface area contributed by atoms with Crippen LogP contribution in [0.15, 0.2) is 41.5 Å². The van der Waals surface area contributed by atoms with E-state index in [2.05, 4.69) is 20.1 Å². The van der Waals surface area contributed by atoms with Gasteiger partial charge in [0.15, 0.2) is 5.82 Å². The summed E-state index contributed by atoms with van der Waals surface area (Å²) in [6, 6.07) is 6.65. The molecule has 2 aromatic rings. The molecule has 0 bridgehead atoms. The summed E-state index contributed by atoms with van der Waals surface area (Å²) in [4.78, 5) is 20.8. The van der Waals surface area contributed by atoms with Crippen LogP contribution in [0.2, 0.25) is 0 Å². The van der Waals surface area contributed by atoms with Gasteiger partial charge in [0, 0.05) is 63.9 Å². The third-order valence-corrected chi connectivity index (χ3v) is 4.54. The predicted octanol–water partition coefficient (Wildman–Crippen LogP) is 1.64. The van der Waals surface area contributed by atoms with Crippen LogP contribution >= 0.6 is 0 Å². The van der Waals surface area contributed by atoms with Crippen molar-refractivity contribution in [3.8, 4) is 0 Å². The van der Waals surface area contributed by atoms with Crippen LogP contribution in [0, 0.1) is 5.82 Å². The highest BCUT2D eigenvalue weighted by molar-refractivity contribution is 5.46. The van der Waals surface area contributed by atoms with Crippen molar-refractivity contribution < 1.29 is 4.39 Å². The van der Waals surface area contributed by atoms with Crippen molar-refractivity contribution in [2.75, 3.05) is 49.5 Å². The second-order valence-corrected chi connectivity index (χ2v) is 6.10. The molecule has 3 rings (SSSR count). The van der Waals surface area contributed by atoms with E-state index in [9.17, 15) is 9.18 Å². The molecule has 7 heteroatoms. The van der Waals surface area contributed by atoms with E-state index >= 15 is 0 Å². The first-order valence-corrected chi connectivity index (χ1v) is 8.69. The lowest BCUT2D eigenvalue weighted by atomic mass is 10.2. The van der Waals surface area contributed by atoms with Gasteiger partial charge < -0.3 is 14.8 Å². The number of halogens is 1. The lowest BCUT2D eigenvalue weighted by Crippen LogP contribution is -2.47. The minimum Gasteiger partial charge on any atom is -0.369 e. The number of aryl methyl sites for hydroxylation is 1. The third kappa shape index (κ3) is 4.36. The fourth-order valence-electron chi connectivity index (χ4n) is 3.03. The van der Waals surface area contributed by atoms with Crippen LogP contribution in [0.5, 0.6) is 0 Å². The van der Waals surface area contributed by atoms with Gasteiger partial charge >= 0.3 is 0 Å². The van der Waals surface area contributed by atoms with E-state index in [4.69, 9.17) is 0 Å². The van der Waals surface area contributed by atoms with Gasteiger partial charge in [-0.05, 0) is 31.2 Å². The summed E-state index contributed by atoms with van der Waals surface area (Å²) >= 11 is 0. The lowest BCUT2D eigenvalue weighted by molar-refractivity contribution is 0.267. The van der Waals surface area contributed by atoms with Gasteiger partial charge in [0.25, 0.3) is 5.56 Å². The van der Waals surface area contributed by atoms with Crippen LogP contribution in [0.3, 0.4) is 0 Å². The van der Waals surface area contributed by atoms with Gasteiger partial charge in [-0.25, -0.2) is 9.37 Å². The molecule has 0 saturated carbocycles. The van der Waals surface area contributed by atoms with E-state index in [1.807, 2.05) is 19.1 Å². The molecule has 1 aromatic heterocycles. The molecule has 1 aromatic carbocycles. The molecule has 1 aliphatic heterocycles. The van der Waals surface area contributed by atoms with E-state index in [1.54, 1.807) is 17.0 Å². The molecule has 2 heterocycles. The maximum atomic E-state index is 13.0. The highest BCUT2D eigenvalue weighted by Crippen LogP contribution is 2.16. The zero-order valence-corrected chi connectivity index (χ0v) is 14.5. The second-order valence-electron chi connectivity index (χ2n) is 6.10. The largest absolute Gasteiger partial charge is 0.369 e. The number of benzene rings is 1. The Morgan fingerprint density at radius 3 is 2.56 bits per heavy atom. The SMILES string of the molecule is CCn1ccnc(NCCN2CCN(c3ccc(F)cc3)CC2)c1=O. The second kappa shape index (κ2) is 8.11. The van der Waals surface area contributed by atoms with Gasteiger partial charge in [-0.3, -0.25) is 9.69 Å². The Hall–Kier alpha value is -2.41. The van der Waals surface area contributed by atoms with Crippen molar-refractivity contribution in [2.24, 2.45) is 0 Å². The zero-order chi connectivity index (χ0) is 17.6. The van der Waals surface area contributed by atoms with Crippen molar-refractivity contribution in [1.82, 2.24) is 14.5 Å². The van der Waals surface area contributed by atoms with Gasteiger partial charge in [0.2, 0.25) is 0 Å². The molecule has 25 heavy (non-hydrogen) atoms. The smallest absolute Gasteiger partial charge is 0.293 e. The van der Waals surface area contributed by atoms with Crippen molar-refractivity contribution in [3.05, 3.63) is 52.8 Å². The number of piperazine rings is 1. The van der Waals surface area contributed by atoms with Crippen molar-refractivity contribution >= 4 is 11.5 Å². The molecule has 6 nitrogen and oxygen atoms in total. The van der Waals surface area contributed by atoms with Crippen LogP contribution < -0.4 is 15.8 Å². The number of nitrogens with one attached hydrogen (secondary N) is 1. The Balaban J connectivity index is 1.45. The first kappa shape index (κ1) is 17.4. The highest BCUT2D eigenvalue weighted by atomic mass is 19.1. The molecule has 0 atom stereocenters. The molecule has 1 fully saturated rings. The standard InChI is InChI=1S/C18H24FN5O/c1-2-23-10-8-21-17(18(23)25)20-7-9-22-11-13-24(14-12-22)16-5-3-15(19)4-6-16/h3-6,8,10H,2,7,9,11-14H2,1H3,(H,20,21). The molecule has 0 radical (unpaired) electrons. The number of rotatable bonds is 6. The lowest BCUT2D eigenvalue weighted by Gasteiger charge is -2.36. The quantitative estimate of drug-likeness (QED) is 0.863. The van der Waals surface area contributed by atoms with E-state index in [0.29, 0.717) is 18.9 Å². The summed E-state index contributed by atoms with van der Waals surface area (Å²) in [5.74, 6) is 0.208. The number of hydrogen-bond donors (Lipinski definition) is 1. The van der Waals surface area contributed by atoms with Crippen molar-refractivity contribution in [3.63, 3.8) is 0 Å². The Bertz CT molecular complexity index is 738. The Kier molecular flexibility index (Phi) is 5.65. The van der Waals surface area contributed by atoms with Crippen molar-refractivity contribution in [1.29, 1.82) is 0 Å². The maximum Gasteiger partial charge on any atom is 0.293 e. The van der Waals surface area contributed by atoms with Gasteiger partial charge in [0.05, 0.1) is 0 Å². The fourth-order valence-corrected chi connectivity index (χ4v) is 3.03. The summed E-state index contributed by atoms with van der Waals surface area (Å²) in [6.07, 6.45) is 3.34. The normalized spacial score (nSPS) is 15.4. The summed E-state index contributed by atoms with van der Waals surface area (Å²) in [5.41, 5.74) is 0.985. The molecule has 1 N–H and O–H groups in total. The number of nitrogens with zero attached hydrogens (tertiary/aromatic N) is 4. The summed E-state index contributed by atoms with van der Waals surface area (Å²) in [5, 5.41) is 3.14. The third-order valence-electron chi connectivity index (χ3n) is 4.54. The summed E-state index contributed by atoms with van der Waals surface area (Å²) < 4.78 is 14.6. The van der Waals surface area contributed by atoms with Gasteiger partial charge in [-0.2, -0.15) is 0 Å². The number of anilines is 2. The molecule has 0 unspecified atom stereocenters. The molecule has 1 aliphatic rings. The van der Waals surface area contributed by atoms with Crippen LogP contribution in [0.1, 0.15) is 6.92 Å². The van der Waals surface area contributed by atoms with E-state index in [1.165, 1.54) is 12.1 Å². The zero-order valence-electron chi connectivity index (χ0n) is 14.5. The number of hydrogen-bond acceptors (Lipinski definition) is 5. The van der Waals surface area contributed by atoms with E-state index in [0.717, 1.165) is 38.4 Å². The first-order chi connectivity index (χ1) is 12.2. The van der Waals surface area contributed by atoms with Crippen LogP contribution in [0.4, 0.5) is 15.9 Å². The summed E-state index contributed by atoms with van der Waals surface area (Å²) in [6.45, 7) is 7.84. The van der Waals surface area contributed by atoms with Gasteiger partial charge in [-0.1, -0.05) is 0 Å². The molecule has 1 saturated heterocycles. The minimum atomic E-state index is -0.204. The molecule has 0 amide bonds. The predicted molar refractivity (Wildman–Crippen MR) is 97.7 cm³/mol. The molecular weight excluding hydrogens is 321 g/mol. The monoisotopic (exact) mass is 345 g/mol. The molecule has 134 valence electrons. The van der Waals surface area contributed by atoms with Crippen LogP contribution in [-0.2, 0) is 6.54 Å². The maximum absolute atomic E-state index is 13.0. The minimum absolute atomic E-state index is 0.0777. The fraction of sp³-hybridized carbons (Fsp3) is 0.444. The Morgan fingerprint density at radius 1 is 1.16 bits per heavy atom. The van der Waals surface area contributed by atoms with Crippen molar-refractivity contribution in [2.45, 2.75) is 13.5 Å². The van der Waals surface area contributed by atoms with Crippen LogP contribution in [-0.4, -0.2) is 53.7 Å². The van der Waals surface area contributed by atoms with Gasteiger partial charge in [-0.15, -0.1) is 0 Å². The summed E-state index contributed by atoms with van der Waals surface area (Å²) in [7, 11) is 0. The van der Waals surface area contributed by atoms with Crippen LogP contribution in [0.25, 0.3) is 0 Å². The average molecular weight is 345 g/mol. The Labute approximate surface area is 146 Å². The van der Waals surface area contributed by atoms with E-state index < -0.39 is 0 Å². The molecule has 0 spiro atoms. The topological polar surface area (TPSA) is 53.4 Å². The Morgan fingerprint density at radius 2 is 1.88 bits per heavy atom. The van der Waals surface area contributed by atoms with E-state index in [-0.39, 0.29) is 11.4 Å². The van der Waals surface area contributed by atoms with Gasteiger partial charge in [0.1, 0.15) is 5.82 Å². The first-order valence-electron chi connectivity index (χ1n) is 8.69.